The first-order valence-electron chi connectivity index (χ1n) is 16.7. The van der Waals surface area contributed by atoms with E-state index in [4.69, 9.17) is 0 Å². The lowest BCUT2D eigenvalue weighted by molar-refractivity contribution is 0.0544. The molecule has 5 rings (SSSR count). The largest absolute Gasteiger partial charge is 0.394 e. The van der Waals surface area contributed by atoms with Gasteiger partial charge in [0.05, 0.1) is 23.9 Å². The summed E-state index contributed by atoms with van der Waals surface area (Å²) in [4.78, 5) is 44.4. The molecule has 0 aliphatic carbocycles. The average Bonchev–Trinajstić information content (AvgIpc) is 3.49. The summed E-state index contributed by atoms with van der Waals surface area (Å²) in [6.07, 6.45) is 4.11. The molecular weight excluding hydrogens is 630 g/mol. The van der Waals surface area contributed by atoms with E-state index >= 15 is 0 Å². The lowest BCUT2D eigenvalue weighted by Crippen LogP contribution is -2.46. The lowest BCUT2D eigenvalue weighted by Gasteiger charge is -2.36. The minimum Gasteiger partial charge on any atom is -0.394 e. The number of rotatable bonds is 12. The van der Waals surface area contributed by atoms with E-state index in [0.717, 1.165) is 48.9 Å². The molecule has 3 aromatic carbocycles. The Labute approximate surface area is 284 Å². The number of hydrogen-bond acceptors (Lipinski definition) is 5. The van der Waals surface area contributed by atoms with E-state index < -0.39 is 29.6 Å². The first-order valence-corrected chi connectivity index (χ1v) is 16.7. The third-order valence-corrected chi connectivity index (χ3v) is 8.67. The Morgan fingerprint density at radius 1 is 0.898 bits per heavy atom. The number of aliphatic hydroxyl groups is 1. The number of aryl methyl sites for hydroxylation is 1. The molecule has 0 bridgehead atoms. The van der Waals surface area contributed by atoms with E-state index in [0.29, 0.717) is 30.9 Å². The Kier molecular flexibility index (Phi) is 11.4. The zero-order chi connectivity index (χ0) is 35.1. The van der Waals surface area contributed by atoms with Crippen molar-refractivity contribution in [2.75, 3.05) is 30.3 Å². The van der Waals surface area contributed by atoms with Gasteiger partial charge in [-0.3, -0.25) is 9.59 Å². The molecule has 1 aromatic heterocycles. The number of aliphatic hydroxyl groups excluding tert-OH is 1. The topological polar surface area (TPSA) is 120 Å². The summed E-state index contributed by atoms with van der Waals surface area (Å²) in [7, 11) is 0. The molecule has 12 heteroatoms. The van der Waals surface area contributed by atoms with Crippen molar-refractivity contribution in [1.82, 2.24) is 19.6 Å². The minimum absolute atomic E-state index is 0.0402. The van der Waals surface area contributed by atoms with Gasteiger partial charge in [0.2, 0.25) is 0 Å². The standard InChI is InChI=1S/C37H42F2N6O4/c1-4-6-16-43(17-7-5-2)36(48)33-18-24(3)45(42-33)34-15-13-27(40-37(49)41-28-12-14-31(38)32(39)21-28)20-30(34)35(47)44-22-26-11-9-8-10-25(26)19-29(44)23-46/h8-15,18,20-21,29,46H,4-7,16-17,19,22-23H2,1-3H3,(H2,40,41,49). The summed E-state index contributed by atoms with van der Waals surface area (Å²) < 4.78 is 28.7. The summed E-state index contributed by atoms with van der Waals surface area (Å²) in [5, 5.41) is 20.1. The monoisotopic (exact) mass is 672 g/mol. The number of anilines is 2. The molecule has 1 atom stereocenters. The van der Waals surface area contributed by atoms with Crippen molar-refractivity contribution in [3.63, 3.8) is 0 Å². The van der Waals surface area contributed by atoms with Gasteiger partial charge in [0.25, 0.3) is 11.8 Å². The SMILES string of the molecule is CCCCN(CCCC)C(=O)c1cc(C)n(-c2ccc(NC(=O)Nc3ccc(F)c(F)c3)cc2C(=O)N2Cc3ccccc3CC2CO)n1. The van der Waals surface area contributed by atoms with Crippen LogP contribution in [0.2, 0.25) is 0 Å². The van der Waals surface area contributed by atoms with E-state index in [2.05, 4.69) is 29.6 Å². The van der Waals surface area contributed by atoms with Gasteiger partial charge in [0.1, 0.15) is 0 Å². The zero-order valence-electron chi connectivity index (χ0n) is 28.0. The van der Waals surface area contributed by atoms with Gasteiger partial charge in [-0.2, -0.15) is 5.10 Å². The number of urea groups is 1. The van der Waals surface area contributed by atoms with Crippen molar-refractivity contribution in [2.24, 2.45) is 0 Å². The lowest BCUT2D eigenvalue weighted by atomic mass is 9.93. The predicted octanol–water partition coefficient (Wildman–Crippen LogP) is 6.70. The molecule has 4 aromatic rings. The molecule has 1 aliphatic rings. The number of unbranched alkanes of at least 4 members (excludes halogenated alkanes) is 2. The molecule has 10 nitrogen and oxygen atoms in total. The van der Waals surface area contributed by atoms with Gasteiger partial charge in [-0.25, -0.2) is 18.3 Å². The Balaban J connectivity index is 1.51. The number of hydrogen-bond donors (Lipinski definition) is 3. The van der Waals surface area contributed by atoms with Crippen molar-refractivity contribution in [3.8, 4) is 5.69 Å². The summed E-state index contributed by atoms with van der Waals surface area (Å²) >= 11 is 0. The Bertz CT molecular complexity index is 1820. The van der Waals surface area contributed by atoms with Crippen molar-refractivity contribution in [3.05, 3.63) is 106 Å². The van der Waals surface area contributed by atoms with Crippen molar-refractivity contribution in [1.29, 1.82) is 0 Å². The molecular formula is C37H42F2N6O4. The summed E-state index contributed by atoms with van der Waals surface area (Å²) in [5.41, 5.74) is 3.76. The Morgan fingerprint density at radius 2 is 1.55 bits per heavy atom. The van der Waals surface area contributed by atoms with Gasteiger partial charge in [-0.05, 0) is 73.7 Å². The van der Waals surface area contributed by atoms with Crippen LogP contribution in [0.25, 0.3) is 5.69 Å². The number of benzene rings is 3. The van der Waals surface area contributed by atoms with Crippen LogP contribution in [0.1, 0.15) is 77.2 Å². The molecule has 0 fully saturated rings. The second kappa shape index (κ2) is 15.9. The van der Waals surface area contributed by atoms with Crippen LogP contribution in [0.4, 0.5) is 25.0 Å². The van der Waals surface area contributed by atoms with Crippen LogP contribution in [-0.4, -0.2) is 68.3 Å². The minimum atomic E-state index is -1.11. The first-order chi connectivity index (χ1) is 23.6. The normalized spacial score (nSPS) is 13.9. The third-order valence-electron chi connectivity index (χ3n) is 8.67. The molecule has 4 amide bonds. The van der Waals surface area contributed by atoms with E-state index in [9.17, 15) is 28.3 Å². The van der Waals surface area contributed by atoms with Crippen molar-refractivity contribution < 1.29 is 28.3 Å². The molecule has 0 spiro atoms. The zero-order valence-corrected chi connectivity index (χ0v) is 28.0. The fourth-order valence-electron chi connectivity index (χ4n) is 5.98. The van der Waals surface area contributed by atoms with E-state index in [1.807, 2.05) is 29.2 Å². The summed E-state index contributed by atoms with van der Waals surface area (Å²) in [6.45, 7) is 7.21. The molecule has 3 N–H and O–H groups in total. The maximum Gasteiger partial charge on any atom is 0.323 e. The molecule has 1 aliphatic heterocycles. The Morgan fingerprint density at radius 3 is 2.20 bits per heavy atom. The molecule has 0 saturated carbocycles. The number of amides is 4. The van der Waals surface area contributed by atoms with Crippen LogP contribution in [0.3, 0.4) is 0 Å². The number of aromatic nitrogens is 2. The number of nitrogens with zero attached hydrogens (tertiary/aromatic N) is 4. The highest BCUT2D eigenvalue weighted by Gasteiger charge is 2.32. The van der Waals surface area contributed by atoms with Crippen molar-refractivity contribution in [2.45, 2.75) is 65.5 Å². The molecule has 0 saturated heterocycles. The fourth-order valence-corrected chi connectivity index (χ4v) is 5.98. The highest BCUT2D eigenvalue weighted by Crippen LogP contribution is 2.29. The highest BCUT2D eigenvalue weighted by atomic mass is 19.2. The van der Waals surface area contributed by atoms with Crippen LogP contribution in [0, 0.1) is 18.6 Å². The predicted molar refractivity (Wildman–Crippen MR) is 184 cm³/mol. The number of carbonyl (C=O) groups excluding carboxylic acids is 3. The summed E-state index contributed by atoms with van der Waals surface area (Å²) in [6, 6.07) is 16.0. The molecule has 1 unspecified atom stereocenters. The van der Waals surface area contributed by atoms with E-state index in [1.165, 1.54) is 12.1 Å². The maximum absolute atomic E-state index is 14.5. The van der Waals surface area contributed by atoms with Gasteiger partial charge >= 0.3 is 6.03 Å². The molecule has 0 radical (unpaired) electrons. The molecule has 258 valence electrons. The quantitative estimate of drug-likeness (QED) is 0.155. The van der Waals surface area contributed by atoms with Crippen LogP contribution >= 0.6 is 0 Å². The van der Waals surface area contributed by atoms with Gasteiger partial charge in [0, 0.05) is 42.8 Å². The van der Waals surface area contributed by atoms with E-state index in [-0.39, 0.29) is 41.7 Å². The van der Waals surface area contributed by atoms with Gasteiger partial charge in [0.15, 0.2) is 17.3 Å². The van der Waals surface area contributed by atoms with Crippen LogP contribution < -0.4 is 10.6 Å². The third kappa shape index (κ3) is 8.14. The fraction of sp³-hybridized carbons (Fsp3) is 0.351. The number of nitrogens with one attached hydrogen (secondary N) is 2. The maximum atomic E-state index is 14.5. The first kappa shape index (κ1) is 35.2. The van der Waals surface area contributed by atoms with Crippen LogP contribution in [0.15, 0.2) is 66.7 Å². The number of fused-ring (bicyclic) bond motifs is 1. The summed E-state index contributed by atoms with van der Waals surface area (Å²) in [5.74, 6) is -2.73. The molecule has 49 heavy (non-hydrogen) atoms. The second-order valence-electron chi connectivity index (χ2n) is 12.3. The van der Waals surface area contributed by atoms with Gasteiger partial charge < -0.3 is 25.5 Å². The second-order valence-corrected chi connectivity index (χ2v) is 12.3. The number of carbonyl (C=O) groups is 3. The van der Waals surface area contributed by atoms with Crippen LogP contribution in [-0.2, 0) is 13.0 Å². The average molecular weight is 673 g/mol. The van der Waals surface area contributed by atoms with Gasteiger partial charge in [-0.1, -0.05) is 51.0 Å². The smallest absolute Gasteiger partial charge is 0.323 e. The van der Waals surface area contributed by atoms with E-state index in [1.54, 1.807) is 34.7 Å². The van der Waals surface area contributed by atoms with Crippen molar-refractivity contribution >= 4 is 29.2 Å². The Hall–Kier alpha value is -5.10. The van der Waals surface area contributed by atoms with Gasteiger partial charge in [-0.15, -0.1) is 0 Å². The highest BCUT2D eigenvalue weighted by molar-refractivity contribution is 6.03. The van der Waals surface area contributed by atoms with Crippen LogP contribution in [0.5, 0.6) is 0 Å². The molecule has 2 heterocycles. The number of halogens is 2.